The minimum absolute atomic E-state index is 0.697. The van der Waals surface area contributed by atoms with Gasteiger partial charge in [0.15, 0.2) is 0 Å². The highest BCUT2D eigenvalue weighted by Gasteiger charge is 2.02. The van der Waals surface area contributed by atoms with Crippen LogP contribution in [0.3, 0.4) is 0 Å². The topological polar surface area (TPSA) is 22.4 Å². The van der Waals surface area contributed by atoms with Gasteiger partial charge < -0.3 is 9.15 Å². The van der Waals surface area contributed by atoms with Crippen molar-refractivity contribution in [1.29, 1.82) is 0 Å². The molecule has 0 amide bonds. The Morgan fingerprint density at radius 2 is 2.23 bits per heavy atom. The molecule has 1 heterocycles. The highest BCUT2D eigenvalue weighted by molar-refractivity contribution is 5.82. The smallest absolute Gasteiger partial charge is 0.134 e. The number of rotatable bonds is 2. The maximum absolute atomic E-state index is 5.40. The first-order chi connectivity index (χ1) is 6.31. The van der Waals surface area contributed by atoms with Gasteiger partial charge in [-0.2, -0.15) is 0 Å². The number of ether oxygens (including phenoxy) is 1. The van der Waals surface area contributed by atoms with Crippen LogP contribution in [0.2, 0.25) is 0 Å². The second kappa shape index (κ2) is 3.13. The third-order valence-corrected chi connectivity index (χ3v) is 2.05. The van der Waals surface area contributed by atoms with Crippen LogP contribution in [0, 0.1) is 6.92 Å². The molecule has 1 aromatic heterocycles. The summed E-state index contributed by atoms with van der Waals surface area (Å²) in [6.07, 6.45) is 1.76. The van der Waals surface area contributed by atoms with Crippen molar-refractivity contribution in [3.8, 4) is 5.75 Å². The summed E-state index contributed by atoms with van der Waals surface area (Å²) in [4.78, 5) is 0. The van der Waals surface area contributed by atoms with Crippen molar-refractivity contribution in [3.63, 3.8) is 0 Å². The number of hydrogen-bond donors (Lipinski definition) is 0. The Kier molecular flexibility index (Phi) is 1.97. The van der Waals surface area contributed by atoms with E-state index in [1.807, 2.05) is 32.0 Å². The summed E-state index contributed by atoms with van der Waals surface area (Å²) < 4.78 is 10.7. The molecule has 2 aromatic rings. The fourth-order valence-corrected chi connectivity index (χ4v) is 1.39. The van der Waals surface area contributed by atoms with Crippen LogP contribution >= 0.6 is 0 Å². The Balaban J connectivity index is 2.53. The molecular weight excluding hydrogens is 164 g/mol. The molecule has 13 heavy (non-hydrogen) atoms. The first kappa shape index (κ1) is 8.17. The van der Waals surface area contributed by atoms with Crippen molar-refractivity contribution in [2.24, 2.45) is 0 Å². The summed E-state index contributed by atoms with van der Waals surface area (Å²) in [5.74, 6) is 0.902. The van der Waals surface area contributed by atoms with E-state index < -0.39 is 0 Å². The summed E-state index contributed by atoms with van der Waals surface area (Å²) in [5.41, 5.74) is 2.07. The van der Waals surface area contributed by atoms with Crippen molar-refractivity contribution in [2.75, 3.05) is 6.61 Å². The highest BCUT2D eigenvalue weighted by Crippen LogP contribution is 2.24. The first-order valence-corrected chi connectivity index (χ1v) is 4.42. The van der Waals surface area contributed by atoms with Gasteiger partial charge in [0, 0.05) is 5.39 Å². The molecule has 0 aliphatic rings. The molecule has 0 saturated heterocycles. The zero-order valence-electron chi connectivity index (χ0n) is 7.83. The van der Waals surface area contributed by atoms with E-state index in [1.54, 1.807) is 6.26 Å². The molecule has 0 aliphatic heterocycles. The van der Waals surface area contributed by atoms with E-state index in [2.05, 4.69) is 0 Å². The van der Waals surface area contributed by atoms with E-state index in [0.717, 1.165) is 22.3 Å². The molecular formula is C11H12O2. The van der Waals surface area contributed by atoms with E-state index in [4.69, 9.17) is 9.15 Å². The maximum atomic E-state index is 5.40. The fraction of sp³-hybridized carbons (Fsp3) is 0.273. The maximum Gasteiger partial charge on any atom is 0.134 e. The largest absolute Gasteiger partial charge is 0.494 e. The summed E-state index contributed by atoms with van der Waals surface area (Å²) >= 11 is 0. The predicted octanol–water partition coefficient (Wildman–Crippen LogP) is 3.14. The van der Waals surface area contributed by atoms with E-state index in [9.17, 15) is 0 Å². The van der Waals surface area contributed by atoms with Crippen molar-refractivity contribution < 1.29 is 9.15 Å². The van der Waals surface area contributed by atoms with Crippen molar-refractivity contribution >= 4 is 11.0 Å². The van der Waals surface area contributed by atoms with E-state index in [0.29, 0.717) is 6.61 Å². The number of hydrogen-bond acceptors (Lipinski definition) is 2. The minimum atomic E-state index is 0.697. The van der Waals surface area contributed by atoms with Crippen LogP contribution in [0.4, 0.5) is 0 Å². The SMILES string of the molecule is CCOc1ccc2occ(C)c2c1. The zero-order valence-corrected chi connectivity index (χ0v) is 7.83. The van der Waals surface area contributed by atoms with Crippen LogP contribution in [0.5, 0.6) is 5.75 Å². The van der Waals surface area contributed by atoms with Crippen molar-refractivity contribution in [3.05, 3.63) is 30.0 Å². The molecule has 0 fully saturated rings. The Morgan fingerprint density at radius 3 is 3.00 bits per heavy atom. The van der Waals surface area contributed by atoms with Crippen LogP contribution in [-0.4, -0.2) is 6.61 Å². The number of furan rings is 1. The lowest BCUT2D eigenvalue weighted by atomic mass is 10.2. The Bertz CT molecular complexity index is 415. The van der Waals surface area contributed by atoms with Gasteiger partial charge in [-0.15, -0.1) is 0 Å². The van der Waals surface area contributed by atoms with Gasteiger partial charge in [-0.25, -0.2) is 0 Å². The molecule has 0 radical (unpaired) electrons. The molecule has 68 valence electrons. The average Bonchev–Trinajstić information content (AvgIpc) is 2.49. The lowest BCUT2D eigenvalue weighted by Gasteiger charge is -2.01. The Labute approximate surface area is 77.1 Å². The van der Waals surface area contributed by atoms with Crippen LogP contribution in [-0.2, 0) is 0 Å². The zero-order chi connectivity index (χ0) is 9.26. The van der Waals surface area contributed by atoms with Gasteiger partial charge in [0.25, 0.3) is 0 Å². The highest BCUT2D eigenvalue weighted by atomic mass is 16.5. The second-order valence-corrected chi connectivity index (χ2v) is 3.01. The number of aryl methyl sites for hydroxylation is 1. The third-order valence-electron chi connectivity index (χ3n) is 2.05. The number of benzene rings is 1. The lowest BCUT2D eigenvalue weighted by Crippen LogP contribution is -1.90. The first-order valence-electron chi connectivity index (χ1n) is 4.42. The van der Waals surface area contributed by atoms with E-state index >= 15 is 0 Å². The van der Waals surface area contributed by atoms with Gasteiger partial charge in [0.1, 0.15) is 11.3 Å². The van der Waals surface area contributed by atoms with Crippen LogP contribution in [0.25, 0.3) is 11.0 Å². The summed E-state index contributed by atoms with van der Waals surface area (Å²) in [6, 6.07) is 5.87. The molecule has 1 aromatic carbocycles. The summed E-state index contributed by atoms with van der Waals surface area (Å²) in [7, 11) is 0. The van der Waals surface area contributed by atoms with Gasteiger partial charge in [0.05, 0.1) is 12.9 Å². The van der Waals surface area contributed by atoms with Gasteiger partial charge in [-0.1, -0.05) is 0 Å². The van der Waals surface area contributed by atoms with Gasteiger partial charge in [-0.05, 0) is 37.6 Å². The molecule has 0 N–H and O–H groups in total. The molecule has 0 atom stereocenters. The van der Waals surface area contributed by atoms with Crippen LogP contribution in [0.15, 0.2) is 28.9 Å². The van der Waals surface area contributed by atoms with Gasteiger partial charge >= 0.3 is 0 Å². The van der Waals surface area contributed by atoms with Crippen molar-refractivity contribution in [1.82, 2.24) is 0 Å². The molecule has 0 spiro atoms. The molecule has 0 saturated carbocycles. The van der Waals surface area contributed by atoms with Crippen LogP contribution in [0.1, 0.15) is 12.5 Å². The van der Waals surface area contributed by atoms with Gasteiger partial charge in [0.2, 0.25) is 0 Å². The normalized spacial score (nSPS) is 10.6. The summed E-state index contributed by atoms with van der Waals surface area (Å²) in [6.45, 7) is 4.70. The average molecular weight is 176 g/mol. The molecule has 2 rings (SSSR count). The monoisotopic (exact) mass is 176 g/mol. The fourth-order valence-electron chi connectivity index (χ4n) is 1.39. The Hall–Kier alpha value is -1.44. The molecule has 2 heteroatoms. The molecule has 0 aliphatic carbocycles. The minimum Gasteiger partial charge on any atom is -0.494 e. The lowest BCUT2D eigenvalue weighted by molar-refractivity contribution is 0.340. The third kappa shape index (κ3) is 1.39. The molecule has 0 bridgehead atoms. The number of fused-ring (bicyclic) bond motifs is 1. The predicted molar refractivity (Wildman–Crippen MR) is 52.1 cm³/mol. The molecule has 2 nitrogen and oxygen atoms in total. The van der Waals surface area contributed by atoms with E-state index in [-0.39, 0.29) is 0 Å². The Morgan fingerprint density at radius 1 is 1.38 bits per heavy atom. The summed E-state index contributed by atoms with van der Waals surface area (Å²) in [5, 5.41) is 1.13. The quantitative estimate of drug-likeness (QED) is 0.701. The molecule has 0 unspecified atom stereocenters. The van der Waals surface area contributed by atoms with E-state index in [1.165, 1.54) is 0 Å². The van der Waals surface area contributed by atoms with Gasteiger partial charge in [-0.3, -0.25) is 0 Å². The van der Waals surface area contributed by atoms with Crippen LogP contribution < -0.4 is 4.74 Å². The second-order valence-electron chi connectivity index (χ2n) is 3.01. The standard InChI is InChI=1S/C11H12O2/c1-3-12-9-4-5-11-10(6-9)8(2)7-13-11/h4-7H,3H2,1-2H3. The van der Waals surface area contributed by atoms with Crippen molar-refractivity contribution in [2.45, 2.75) is 13.8 Å².